The zero-order chi connectivity index (χ0) is 61.4. The number of imide groups is 1. The maximum Gasteiger partial charge on any atom is 0.275 e. The van der Waals surface area contributed by atoms with E-state index in [-0.39, 0.29) is 106 Å². The van der Waals surface area contributed by atoms with Crippen LogP contribution < -0.4 is 29.3 Å². The molecular weight excluding hydrogens is 1200 g/mol. The van der Waals surface area contributed by atoms with Gasteiger partial charge >= 0.3 is 0 Å². The summed E-state index contributed by atoms with van der Waals surface area (Å²) in [6.45, 7) is 5.59. The van der Waals surface area contributed by atoms with Crippen molar-refractivity contribution in [1.82, 2.24) is 4.90 Å². The van der Waals surface area contributed by atoms with Crippen molar-refractivity contribution >= 4 is 106 Å². The van der Waals surface area contributed by atoms with Gasteiger partial charge in [-0.25, -0.2) is 0 Å². The Morgan fingerprint density at radius 3 is 2.06 bits per heavy atom. The van der Waals surface area contributed by atoms with E-state index in [2.05, 4.69) is 11.4 Å². The fraction of sp³-hybridized carbons (Fsp3) is 0.419. The number of likely N-dealkylation sites (tertiary alicyclic amines) is 1. The molecular formula is C62H68N4O15S5. The smallest absolute Gasteiger partial charge is 0.275 e. The van der Waals surface area contributed by atoms with Crippen molar-refractivity contribution in [3.05, 3.63) is 141 Å². The molecule has 3 unspecified atom stereocenters. The number of para-hydroxylation sites is 2. The second-order valence-electron chi connectivity index (χ2n) is 23.0. The number of methoxy groups -OCH3 is 1. The molecule has 1 fully saturated rings. The second-order valence-corrected chi connectivity index (χ2v) is 30.4. The Morgan fingerprint density at radius 1 is 0.756 bits per heavy atom. The van der Waals surface area contributed by atoms with Crippen molar-refractivity contribution in [3.63, 3.8) is 0 Å². The van der Waals surface area contributed by atoms with Gasteiger partial charge in [-0.15, -0.1) is 0 Å². The van der Waals surface area contributed by atoms with Crippen LogP contribution in [0.5, 0.6) is 17.2 Å². The van der Waals surface area contributed by atoms with Crippen LogP contribution in [-0.4, -0.2) is 124 Å². The highest BCUT2D eigenvalue weighted by molar-refractivity contribution is 8.77. The Balaban J connectivity index is 0.828. The maximum atomic E-state index is 14.3. The van der Waals surface area contributed by atoms with E-state index in [0.29, 0.717) is 74.8 Å². The third kappa shape index (κ3) is 13.7. The molecule has 19 nitrogen and oxygen atoms in total. The topological polar surface area (TPSA) is 261 Å². The summed E-state index contributed by atoms with van der Waals surface area (Å²) < 4.78 is 89.7. The molecule has 0 saturated carbocycles. The largest absolute Gasteiger partial charge is 0.493 e. The summed E-state index contributed by atoms with van der Waals surface area (Å²) in [6, 6.07) is 26.7. The van der Waals surface area contributed by atoms with Crippen LogP contribution in [0.15, 0.2) is 91.0 Å². The summed E-state index contributed by atoms with van der Waals surface area (Å²) in [6.07, 6.45) is 4.21. The Morgan fingerprint density at radius 2 is 1.40 bits per heavy atom. The maximum absolute atomic E-state index is 14.3. The molecule has 3 N–H and O–H groups in total. The number of carbonyl (C=O) groups excluding carboxylic acids is 6. The number of nitrogens with zero attached hydrogens (tertiary/aromatic N) is 3. The Kier molecular flexibility index (Phi) is 18.7. The van der Waals surface area contributed by atoms with Gasteiger partial charge in [0.15, 0.2) is 17.3 Å². The molecule has 5 aliphatic heterocycles. The monoisotopic (exact) mass is 1270 g/mol. The first-order valence-corrected chi connectivity index (χ1v) is 35.0. The molecule has 0 spiro atoms. The lowest BCUT2D eigenvalue weighted by atomic mass is 9.97. The standard InChI is InChI=1S/C62H68N4O15S5/c1-36-23-45-42(31-56(86(76,77)78)49-28-41-12-7-9-14-48(41)66(49)60(45)71)30-51(36)80-34-37-24-38(35-81-53-29-39-16-17-44-27-40-11-6-8-13-47(40)65(44)59(70)46(39)32-52(53)79-4)26-43(25-37)63-57(68)18-20-62(2,3)84-83-22-19-55(85(73,74)75)50(67)15-10-21-64-58(69)33-54(82-5)61(64)72/h6-9,11-14,23-26,29-30,32,44,49,54-56H,10,15-22,27-28,31,33-35H2,1-5H3,(H,63,68)(H,73,74,75)(H,76,77,78)/t44-,49+,54?,55?,56?/m1/s1. The molecule has 86 heavy (non-hydrogen) atoms. The molecule has 5 aliphatic rings. The first-order valence-electron chi connectivity index (χ1n) is 28.4. The molecule has 0 radical (unpaired) electrons. The zero-order valence-electron chi connectivity index (χ0n) is 48.2. The Bertz CT molecular complexity index is 3760. The first kappa shape index (κ1) is 62.6. The fourth-order valence-corrected chi connectivity index (χ4v) is 17.5. The normalized spacial score (nSPS) is 19.4. The minimum absolute atomic E-state index is 0.00398. The number of ether oxygens (including phenoxy) is 3. The van der Waals surface area contributed by atoms with Gasteiger partial charge in [0.05, 0.1) is 18.4 Å². The van der Waals surface area contributed by atoms with Crippen LogP contribution in [-0.2, 0) is 78.3 Å². The molecule has 0 aromatic heterocycles. The number of nitrogens with one attached hydrogen (secondary N) is 1. The second kappa shape index (κ2) is 25.7. The highest BCUT2D eigenvalue weighted by Crippen LogP contribution is 2.44. The van der Waals surface area contributed by atoms with Crippen molar-refractivity contribution in [2.24, 2.45) is 0 Å². The van der Waals surface area contributed by atoms with Crippen molar-refractivity contribution in [1.29, 1.82) is 0 Å². The lowest BCUT2D eigenvalue weighted by molar-refractivity contribution is -0.138. The van der Waals surface area contributed by atoms with E-state index in [1.165, 1.54) is 45.4 Å². The molecule has 5 aromatic carbocycles. The Hall–Kier alpha value is -6.41. The number of hydrogen-bond donors (Lipinski definition) is 3. The third-order valence-electron chi connectivity index (χ3n) is 16.6. The number of rotatable bonds is 24. The highest BCUT2D eigenvalue weighted by Gasteiger charge is 2.47. The number of benzene rings is 5. The summed E-state index contributed by atoms with van der Waals surface area (Å²) in [5.74, 6) is -0.824. The highest BCUT2D eigenvalue weighted by atomic mass is 33.1. The number of thioether (sulfide) groups is 1. The third-order valence-corrected chi connectivity index (χ3v) is 23.4. The van der Waals surface area contributed by atoms with E-state index < -0.39 is 52.6 Å². The number of hydrogen-bond acceptors (Lipinski definition) is 16. The average molecular weight is 1270 g/mol. The van der Waals surface area contributed by atoms with Crippen LogP contribution in [0.1, 0.15) is 118 Å². The van der Waals surface area contributed by atoms with Gasteiger partial charge < -0.3 is 29.3 Å². The predicted molar refractivity (Wildman–Crippen MR) is 333 cm³/mol. The molecule has 0 bridgehead atoms. The number of ketones is 1. The average Bonchev–Trinajstić information content (AvgIpc) is 1.94. The summed E-state index contributed by atoms with van der Waals surface area (Å²) >= 11 is 1.27. The minimum atomic E-state index is -4.75. The van der Waals surface area contributed by atoms with Crippen LogP contribution in [0.2, 0.25) is 0 Å². The van der Waals surface area contributed by atoms with Gasteiger partial charge in [0.2, 0.25) is 17.7 Å². The summed E-state index contributed by atoms with van der Waals surface area (Å²) in [4.78, 5) is 84.8. The lowest BCUT2D eigenvalue weighted by Gasteiger charge is -2.27. The van der Waals surface area contributed by atoms with E-state index in [4.69, 9.17) is 14.2 Å². The number of anilines is 3. The predicted octanol–water partition coefficient (Wildman–Crippen LogP) is 9.43. The SMILES string of the molecule is COc1cc2c(cc1OCc1cc(COc3cc4c(cc3C)C(=O)N3c5ccccc5C[C@H]3C(S(=O)(=O)O)C4)cc(NC(=O)CCC(C)(C)SSCCC(C(=O)CCCN3C(=O)CC(SC)C3=O)S(=O)(=O)O)c1)CC[C@@H]1Cc3ccccc3N1C2=O. The number of carbonyl (C=O) groups is 6. The molecule has 456 valence electrons. The molecule has 0 aliphatic carbocycles. The van der Waals surface area contributed by atoms with Crippen LogP contribution >= 0.6 is 33.3 Å². The Labute approximate surface area is 512 Å². The minimum Gasteiger partial charge on any atom is -0.493 e. The number of fused-ring (bicyclic) bond motifs is 8. The molecule has 5 heterocycles. The van der Waals surface area contributed by atoms with Crippen LogP contribution in [0, 0.1) is 6.92 Å². The molecule has 24 heteroatoms. The molecule has 5 amide bonds. The fourth-order valence-electron chi connectivity index (χ4n) is 12.2. The van der Waals surface area contributed by atoms with Crippen LogP contribution in [0.25, 0.3) is 0 Å². The van der Waals surface area contributed by atoms with Crippen molar-refractivity contribution in [3.8, 4) is 17.2 Å². The van der Waals surface area contributed by atoms with E-state index in [9.17, 15) is 54.7 Å². The van der Waals surface area contributed by atoms with Crippen molar-refractivity contribution in [2.45, 2.75) is 137 Å². The zero-order valence-corrected chi connectivity index (χ0v) is 52.3. The van der Waals surface area contributed by atoms with Gasteiger partial charge in [0.1, 0.15) is 29.5 Å². The van der Waals surface area contributed by atoms with Crippen LogP contribution in [0.3, 0.4) is 0 Å². The van der Waals surface area contributed by atoms with Gasteiger partial charge in [-0.05, 0) is 172 Å². The quantitative estimate of drug-likeness (QED) is 0.0225. The van der Waals surface area contributed by atoms with Gasteiger partial charge in [-0.3, -0.25) is 42.8 Å². The number of amides is 5. The van der Waals surface area contributed by atoms with E-state index in [1.807, 2.05) is 61.2 Å². The van der Waals surface area contributed by atoms with Crippen LogP contribution in [0.4, 0.5) is 17.1 Å². The van der Waals surface area contributed by atoms with Gasteiger partial charge in [0.25, 0.3) is 32.1 Å². The summed E-state index contributed by atoms with van der Waals surface area (Å²) in [7, 11) is -5.16. The van der Waals surface area contributed by atoms with Crippen molar-refractivity contribution in [2.75, 3.05) is 40.8 Å². The first-order chi connectivity index (χ1) is 40.9. The number of aryl methyl sites for hydroxylation is 2. The van der Waals surface area contributed by atoms with E-state index in [1.54, 1.807) is 55.6 Å². The van der Waals surface area contributed by atoms with E-state index >= 15 is 0 Å². The molecule has 5 aromatic rings. The molecule has 5 atom stereocenters. The van der Waals surface area contributed by atoms with Gasteiger partial charge in [0, 0.05) is 70.5 Å². The van der Waals surface area contributed by atoms with Crippen molar-refractivity contribution < 1.29 is 68.9 Å². The van der Waals surface area contributed by atoms with Gasteiger partial charge in [-0.1, -0.05) is 58.0 Å². The van der Waals surface area contributed by atoms with Gasteiger partial charge in [-0.2, -0.15) is 28.6 Å². The molecule has 1 saturated heterocycles. The summed E-state index contributed by atoms with van der Waals surface area (Å²) in [5.41, 5.74) is 7.84. The van der Waals surface area contributed by atoms with E-state index in [0.717, 1.165) is 40.1 Å². The lowest BCUT2D eigenvalue weighted by Crippen LogP contribution is -2.47. The summed E-state index contributed by atoms with van der Waals surface area (Å²) in [5, 5.41) is -0.428. The molecule has 10 rings (SSSR count). The number of Topliss-reactive ketones (excluding diaryl/α,β-unsaturated/α-hetero) is 1.